The monoisotopic (exact) mass is 346 g/mol. The lowest BCUT2D eigenvalue weighted by Gasteiger charge is -2.59. The number of hydrogen-bond donors (Lipinski definition) is 2. The Balaban J connectivity index is 1.74. The first-order valence-corrected chi connectivity index (χ1v) is 9.79. The predicted molar refractivity (Wildman–Crippen MR) is 93.7 cm³/mol. The molecule has 0 amide bonds. The first kappa shape index (κ1) is 17.4. The number of aliphatic hydroxyl groups excluding tert-OH is 1. The number of carbonyl (C=O) groups excluding carboxylic acids is 2. The van der Waals surface area contributed by atoms with Crippen molar-refractivity contribution in [2.45, 2.75) is 77.4 Å². The second-order valence-corrected chi connectivity index (χ2v) is 9.53. The highest BCUT2D eigenvalue weighted by Crippen LogP contribution is 2.67. The van der Waals surface area contributed by atoms with E-state index in [0.29, 0.717) is 18.3 Å². The summed E-state index contributed by atoms with van der Waals surface area (Å²) < 4.78 is 0. The molecule has 25 heavy (non-hydrogen) atoms. The fraction of sp³-hybridized carbons (Fsp3) is 0.810. The van der Waals surface area contributed by atoms with Gasteiger partial charge in [0.1, 0.15) is 5.60 Å². The molecule has 0 aliphatic heterocycles. The van der Waals surface area contributed by atoms with Gasteiger partial charge in [0.15, 0.2) is 11.6 Å². The lowest BCUT2D eigenvalue weighted by Crippen LogP contribution is -2.57. The van der Waals surface area contributed by atoms with Gasteiger partial charge in [0, 0.05) is 18.3 Å². The average Bonchev–Trinajstić information content (AvgIpc) is 2.75. The van der Waals surface area contributed by atoms with E-state index in [1.165, 1.54) is 12.5 Å². The largest absolute Gasteiger partial charge is 0.393 e. The first-order valence-electron chi connectivity index (χ1n) is 9.79. The molecule has 0 saturated heterocycles. The van der Waals surface area contributed by atoms with Crippen LogP contribution in [0.2, 0.25) is 0 Å². The zero-order valence-corrected chi connectivity index (χ0v) is 15.5. The maximum Gasteiger partial charge on any atom is 0.161 e. The minimum Gasteiger partial charge on any atom is -0.393 e. The summed E-state index contributed by atoms with van der Waals surface area (Å²) in [6.07, 6.45) is 6.53. The molecule has 0 heterocycles. The number of allylic oxidation sites excluding steroid dienone is 1. The molecule has 2 N–H and O–H groups in total. The van der Waals surface area contributed by atoms with Crippen molar-refractivity contribution in [2.24, 2.45) is 28.6 Å². The van der Waals surface area contributed by atoms with Crippen molar-refractivity contribution in [1.29, 1.82) is 0 Å². The van der Waals surface area contributed by atoms with Gasteiger partial charge < -0.3 is 10.2 Å². The fourth-order valence-corrected chi connectivity index (χ4v) is 7.21. The Kier molecular flexibility index (Phi) is 3.66. The number of carbonyl (C=O) groups is 2. The van der Waals surface area contributed by atoms with Crippen molar-refractivity contribution in [3.8, 4) is 0 Å². The summed E-state index contributed by atoms with van der Waals surface area (Å²) in [5.41, 5.74) is -0.610. The number of aliphatic hydroxyl groups is 2. The number of rotatable bonds is 1. The van der Waals surface area contributed by atoms with Gasteiger partial charge in [0.2, 0.25) is 0 Å². The van der Waals surface area contributed by atoms with Crippen molar-refractivity contribution in [1.82, 2.24) is 0 Å². The van der Waals surface area contributed by atoms with Crippen molar-refractivity contribution < 1.29 is 19.8 Å². The van der Waals surface area contributed by atoms with Gasteiger partial charge in [-0.05, 0) is 68.3 Å². The highest BCUT2D eigenvalue weighted by molar-refractivity contribution is 5.91. The van der Waals surface area contributed by atoms with E-state index < -0.39 is 17.1 Å². The second kappa shape index (κ2) is 5.26. The maximum atomic E-state index is 12.3. The van der Waals surface area contributed by atoms with Crippen molar-refractivity contribution >= 4 is 11.6 Å². The van der Waals surface area contributed by atoms with Gasteiger partial charge in [-0.3, -0.25) is 9.59 Å². The standard InChI is InChI=1S/C21H30O4/c1-12(22)21(25)11-17(24)18-15-5-4-13-10-14(23)6-8-19(13,2)16(15)7-9-20(18,21)3/h10,15-18,24-25H,4-9,11H2,1-3H3/t15-,16-,17?,18+,19-,20-,21+/m0/s1. The molecular formula is C21H30O4. The molecule has 1 unspecified atom stereocenters. The van der Waals surface area contributed by atoms with Crippen LogP contribution < -0.4 is 0 Å². The molecular weight excluding hydrogens is 316 g/mol. The van der Waals surface area contributed by atoms with Crippen LogP contribution in [0.1, 0.15) is 65.7 Å². The molecule has 0 aromatic carbocycles. The van der Waals surface area contributed by atoms with Gasteiger partial charge in [0.05, 0.1) is 6.10 Å². The molecule has 4 rings (SSSR count). The van der Waals surface area contributed by atoms with Gasteiger partial charge in [-0.1, -0.05) is 19.4 Å². The van der Waals surface area contributed by atoms with Crippen LogP contribution in [-0.4, -0.2) is 33.5 Å². The lowest BCUT2D eigenvalue weighted by atomic mass is 9.46. The molecule has 4 aliphatic carbocycles. The van der Waals surface area contributed by atoms with E-state index in [9.17, 15) is 19.8 Å². The Labute approximate surface area is 149 Å². The third kappa shape index (κ3) is 2.07. The Morgan fingerprint density at radius 1 is 1.20 bits per heavy atom. The van der Waals surface area contributed by atoms with E-state index >= 15 is 0 Å². The van der Waals surface area contributed by atoms with Gasteiger partial charge in [-0.2, -0.15) is 0 Å². The van der Waals surface area contributed by atoms with Crippen molar-refractivity contribution in [3.63, 3.8) is 0 Å². The maximum absolute atomic E-state index is 12.3. The summed E-state index contributed by atoms with van der Waals surface area (Å²) >= 11 is 0. The van der Waals surface area contributed by atoms with E-state index in [2.05, 4.69) is 6.92 Å². The van der Waals surface area contributed by atoms with Crippen LogP contribution in [-0.2, 0) is 9.59 Å². The minimum atomic E-state index is -1.40. The molecule has 0 spiro atoms. The summed E-state index contributed by atoms with van der Waals surface area (Å²) in [6, 6.07) is 0. The number of fused-ring (bicyclic) bond motifs is 5. The highest BCUT2D eigenvalue weighted by Gasteiger charge is 2.68. The number of ketones is 2. The van der Waals surface area contributed by atoms with Gasteiger partial charge in [-0.15, -0.1) is 0 Å². The smallest absolute Gasteiger partial charge is 0.161 e. The Morgan fingerprint density at radius 3 is 2.60 bits per heavy atom. The molecule has 3 fully saturated rings. The van der Waals surface area contributed by atoms with Crippen LogP contribution in [0, 0.1) is 28.6 Å². The summed E-state index contributed by atoms with van der Waals surface area (Å²) in [5, 5.41) is 22.0. The SMILES string of the molecule is CC(=O)[C@]1(O)CC(O)[C@H]2[C@H]3CCC4=CC(=O)CC[C@]4(C)[C@H]3CC[C@@]21C. The minimum absolute atomic E-state index is 0.0313. The Hall–Kier alpha value is -1.00. The Morgan fingerprint density at radius 2 is 1.92 bits per heavy atom. The van der Waals surface area contributed by atoms with E-state index in [0.717, 1.165) is 32.1 Å². The van der Waals surface area contributed by atoms with Crippen LogP contribution in [0.25, 0.3) is 0 Å². The van der Waals surface area contributed by atoms with Gasteiger partial charge >= 0.3 is 0 Å². The van der Waals surface area contributed by atoms with E-state index in [1.54, 1.807) is 0 Å². The van der Waals surface area contributed by atoms with Crippen molar-refractivity contribution in [2.75, 3.05) is 0 Å². The van der Waals surface area contributed by atoms with Crippen LogP contribution in [0.4, 0.5) is 0 Å². The first-order chi connectivity index (χ1) is 11.6. The van der Waals surface area contributed by atoms with E-state index in [4.69, 9.17) is 0 Å². The molecule has 0 aromatic heterocycles. The summed E-state index contributed by atoms with van der Waals surface area (Å²) in [7, 11) is 0. The normalized spacial score (nSPS) is 52.0. The second-order valence-electron chi connectivity index (χ2n) is 9.53. The van der Waals surface area contributed by atoms with Gasteiger partial charge in [-0.25, -0.2) is 0 Å². The molecule has 4 heteroatoms. The molecule has 138 valence electrons. The topological polar surface area (TPSA) is 74.6 Å². The zero-order chi connectivity index (χ0) is 18.2. The summed E-state index contributed by atoms with van der Waals surface area (Å²) in [6.45, 7) is 5.77. The van der Waals surface area contributed by atoms with Crippen LogP contribution >= 0.6 is 0 Å². The number of hydrogen-bond acceptors (Lipinski definition) is 4. The van der Waals surface area contributed by atoms with Gasteiger partial charge in [0.25, 0.3) is 0 Å². The summed E-state index contributed by atoms with van der Waals surface area (Å²) in [5.74, 6) is 0.760. The van der Waals surface area contributed by atoms with Crippen LogP contribution in [0.5, 0.6) is 0 Å². The lowest BCUT2D eigenvalue weighted by molar-refractivity contribution is -0.161. The molecule has 4 nitrogen and oxygen atoms in total. The molecule has 0 aromatic rings. The molecule has 0 bridgehead atoms. The third-order valence-electron chi connectivity index (χ3n) is 8.66. The number of Topliss-reactive ketones (excluding diaryl/α,β-unsaturated/α-hetero) is 1. The molecule has 0 radical (unpaired) electrons. The molecule has 4 aliphatic rings. The molecule has 7 atom stereocenters. The van der Waals surface area contributed by atoms with Crippen LogP contribution in [0.15, 0.2) is 11.6 Å². The van der Waals surface area contributed by atoms with E-state index in [-0.39, 0.29) is 29.3 Å². The Bertz CT molecular complexity index is 667. The predicted octanol–water partition coefficient (Wildman–Crippen LogP) is 2.81. The van der Waals surface area contributed by atoms with Crippen LogP contribution in [0.3, 0.4) is 0 Å². The molecule has 3 saturated carbocycles. The summed E-state index contributed by atoms with van der Waals surface area (Å²) in [4.78, 5) is 24.1. The quantitative estimate of drug-likeness (QED) is 0.766. The fourth-order valence-electron chi connectivity index (χ4n) is 7.21. The van der Waals surface area contributed by atoms with Crippen molar-refractivity contribution in [3.05, 3.63) is 11.6 Å². The third-order valence-corrected chi connectivity index (χ3v) is 8.66. The highest BCUT2D eigenvalue weighted by atomic mass is 16.3. The van der Waals surface area contributed by atoms with E-state index in [1.807, 2.05) is 13.0 Å². The zero-order valence-electron chi connectivity index (χ0n) is 15.5. The average molecular weight is 346 g/mol.